The van der Waals surface area contributed by atoms with Crippen molar-refractivity contribution in [2.24, 2.45) is 0 Å². The molecule has 8 nitrogen and oxygen atoms in total. The first-order valence-electron chi connectivity index (χ1n) is 7.97. The molecule has 2 N–H and O–H groups in total. The van der Waals surface area contributed by atoms with E-state index in [4.69, 9.17) is 9.84 Å². The third-order valence-corrected chi connectivity index (χ3v) is 4.84. The van der Waals surface area contributed by atoms with Crippen molar-refractivity contribution in [3.63, 3.8) is 0 Å². The fourth-order valence-corrected chi connectivity index (χ4v) is 3.72. The lowest BCUT2D eigenvalue weighted by Gasteiger charge is -2.21. The van der Waals surface area contributed by atoms with Gasteiger partial charge in [-0.2, -0.15) is 0 Å². The van der Waals surface area contributed by atoms with Crippen LogP contribution in [0.4, 0.5) is 5.69 Å². The second-order valence-corrected chi connectivity index (χ2v) is 7.86. The second-order valence-electron chi connectivity index (χ2n) is 6.14. The van der Waals surface area contributed by atoms with E-state index in [9.17, 15) is 18.0 Å². The molecule has 1 aromatic carbocycles. The van der Waals surface area contributed by atoms with Gasteiger partial charge in [-0.1, -0.05) is 0 Å². The van der Waals surface area contributed by atoms with Crippen LogP contribution in [0.1, 0.15) is 26.7 Å². The molecule has 0 saturated carbocycles. The maximum atomic E-state index is 12.2. The number of likely N-dealkylation sites (tertiary alicyclic amines) is 1. The number of rotatable bonds is 7. The molecule has 0 spiro atoms. The van der Waals surface area contributed by atoms with Crippen LogP contribution >= 0.6 is 0 Å². The van der Waals surface area contributed by atoms with Crippen LogP contribution in [0.2, 0.25) is 0 Å². The highest BCUT2D eigenvalue weighted by Crippen LogP contribution is 2.20. The average Bonchev–Trinajstić information content (AvgIpc) is 2.98. The highest BCUT2D eigenvalue weighted by Gasteiger charge is 2.35. The van der Waals surface area contributed by atoms with Gasteiger partial charge in [0.1, 0.15) is 17.5 Å². The Labute approximate surface area is 146 Å². The number of nitrogens with one attached hydrogen (secondary N) is 1. The quantitative estimate of drug-likeness (QED) is 0.748. The van der Waals surface area contributed by atoms with Crippen molar-refractivity contribution >= 4 is 27.6 Å². The Bertz CT molecular complexity index is 729. The van der Waals surface area contributed by atoms with Crippen molar-refractivity contribution in [1.82, 2.24) is 4.90 Å². The van der Waals surface area contributed by atoms with Crippen LogP contribution in [-0.2, 0) is 19.6 Å². The Morgan fingerprint density at radius 1 is 1.32 bits per heavy atom. The predicted octanol–water partition coefficient (Wildman–Crippen LogP) is 1.29. The van der Waals surface area contributed by atoms with Gasteiger partial charge in [0.2, 0.25) is 15.9 Å². The highest BCUT2D eigenvalue weighted by atomic mass is 32.2. The zero-order valence-electron chi connectivity index (χ0n) is 14.1. The molecule has 1 aromatic rings. The van der Waals surface area contributed by atoms with E-state index in [-0.39, 0.29) is 12.6 Å². The fraction of sp³-hybridized carbons (Fsp3) is 0.500. The molecule has 1 atom stereocenters. The summed E-state index contributed by atoms with van der Waals surface area (Å²) in [5.74, 6) is -2.01. The monoisotopic (exact) mass is 370 g/mol. The van der Waals surface area contributed by atoms with Crippen molar-refractivity contribution in [2.75, 3.05) is 17.0 Å². The molecule has 1 fully saturated rings. The molecular formula is C16H22N2O6S. The van der Waals surface area contributed by atoms with E-state index in [0.717, 1.165) is 4.90 Å². The zero-order chi connectivity index (χ0) is 18.6. The molecule has 0 radical (unpaired) electrons. The van der Waals surface area contributed by atoms with Gasteiger partial charge in [-0.3, -0.25) is 9.52 Å². The smallest absolute Gasteiger partial charge is 0.326 e. The molecule has 1 unspecified atom stereocenters. The first kappa shape index (κ1) is 19.0. The van der Waals surface area contributed by atoms with Gasteiger partial charge >= 0.3 is 5.97 Å². The van der Waals surface area contributed by atoms with Crippen LogP contribution in [0.25, 0.3) is 0 Å². The molecule has 0 bridgehead atoms. The summed E-state index contributed by atoms with van der Waals surface area (Å²) in [6.45, 7) is 4.02. The molecule has 25 heavy (non-hydrogen) atoms. The first-order valence-corrected chi connectivity index (χ1v) is 9.62. The van der Waals surface area contributed by atoms with E-state index in [0.29, 0.717) is 24.3 Å². The fourth-order valence-electron chi connectivity index (χ4n) is 2.66. The third kappa shape index (κ3) is 5.35. The van der Waals surface area contributed by atoms with Crippen molar-refractivity contribution in [1.29, 1.82) is 0 Å². The van der Waals surface area contributed by atoms with Crippen molar-refractivity contribution in [2.45, 2.75) is 38.8 Å². The number of carbonyl (C=O) groups excluding carboxylic acids is 1. The van der Waals surface area contributed by atoms with Crippen LogP contribution in [0, 0.1) is 0 Å². The van der Waals surface area contributed by atoms with Gasteiger partial charge in [-0.15, -0.1) is 0 Å². The minimum absolute atomic E-state index is 0.00260. The molecule has 9 heteroatoms. The van der Waals surface area contributed by atoms with Gasteiger partial charge in [0.15, 0.2) is 0 Å². The lowest BCUT2D eigenvalue weighted by Crippen LogP contribution is -2.43. The van der Waals surface area contributed by atoms with Crippen LogP contribution in [-0.4, -0.2) is 54.7 Å². The molecular weight excluding hydrogens is 348 g/mol. The third-order valence-electron chi connectivity index (χ3n) is 3.67. The molecule has 0 aromatic heterocycles. The summed E-state index contributed by atoms with van der Waals surface area (Å²) in [6, 6.07) is 5.38. The summed E-state index contributed by atoms with van der Waals surface area (Å²) in [7, 11) is -3.93. The second kappa shape index (κ2) is 7.73. The van der Waals surface area contributed by atoms with E-state index < -0.39 is 33.7 Å². The van der Waals surface area contributed by atoms with Gasteiger partial charge in [0.05, 0.1) is 6.10 Å². The number of hydrogen-bond acceptors (Lipinski definition) is 5. The highest BCUT2D eigenvalue weighted by molar-refractivity contribution is 7.93. The Morgan fingerprint density at radius 2 is 1.96 bits per heavy atom. The topological polar surface area (TPSA) is 113 Å². The molecule has 1 saturated heterocycles. The first-order chi connectivity index (χ1) is 11.7. The summed E-state index contributed by atoms with van der Waals surface area (Å²) in [6.07, 6.45) is 0.891. The molecule has 1 aliphatic rings. The van der Waals surface area contributed by atoms with E-state index >= 15 is 0 Å². The van der Waals surface area contributed by atoms with Crippen LogP contribution < -0.4 is 9.46 Å². The number of anilines is 1. The number of carboxylic acids is 1. The lowest BCUT2D eigenvalue weighted by molar-refractivity contribution is -0.147. The number of carbonyl (C=O) groups is 2. The maximum Gasteiger partial charge on any atom is 0.326 e. The number of amides is 1. The van der Waals surface area contributed by atoms with Crippen LogP contribution in [0.15, 0.2) is 24.3 Å². The summed E-state index contributed by atoms with van der Waals surface area (Å²) >= 11 is 0. The summed E-state index contributed by atoms with van der Waals surface area (Å²) < 4.78 is 32.1. The molecule has 0 aliphatic carbocycles. The lowest BCUT2D eigenvalue weighted by atomic mass is 10.2. The van der Waals surface area contributed by atoms with Gasteiger partial charge in [-0.25, -0.2) is 13.2 Å². The van der Waals surface area contributed by atoms with Crippen LogP contribution in [0.3, 0.4) is 0 Å². The SMILES string of the molecule is CC(C)Oc1ccc(NS(=O)(=O)CC(=O)N2CCCC2C(=O)O)cc1. The van der Waals surface area contributed by atoms with Crippen molar-refractivity contribution in [3.8, 4) is 5.75 Å². The van der Waals surface area contributed by atoms with Crippen molar-refractivity contribution in [3.05, 3.63) is 24.3 Å². The number of ether oxygens (including phenoxy) is 1. The van der Waals surface area contributed by atoms with Crippen molar-refractivity contribution < 1.29 is 27.9 Å². The minimum atomic E-state index is -3.93. The molecule has 1 amide bonds. The number of sulfonamides is 1. The van der Waals surface area contributed by atoms with Gasteiger partial charge < -0.3 is 14.7 Å². The summed E-state index contributed by atoms with van der Waals surface area (Å²) in [5.41, 5.74) is 0.306. The molecule has 138 valence electrons. The summed E-state index contributed by atoms with van der Waals surface area (Å²) in [5, 5.41) is 9.08. The average molecular weight is 370 g/mol. The zero-order valence-corrected chi connectivity index (χ0v) is 15.0. The Balaban J connectivity index is 1.99. The van der Waals surface area contributed by atoms with E-state index in [1.165, 1.54) is 12.1 Å². The Kier molecular flexibility index (Phi) is 5.89. The molecule has 1 aliphatic heterocycles. The largest absolute Gasteiger partial charge is 0.491 e. The van der Waals surface area contributed by atoms with E-state index in [2.05, 4.69) is 4.72 Å². The van der Waals surface area contributed by atoms with Crippen LogP contribution in [0.5, 0.6) is 5.75 Å². The van der Waals surface area contributed by atoms with Gasteiger partial charge in [0.25, 0.3) is 0 Å². The minimum Gasteiger partial charge on any atom is -0.491 e. The predicted molar refractivity (Wildman–Crippen MR) is 92.0 cm³/mol. The van der Waals surface area contributed by atoms with E-state index in [1.54, 1.807) is 12.1 Å². The summed E-state index contributed by atoms with van der Waals surface area (Å²) in [4.78, 5) is 24.4. The number of nitrogens with zero attached hydrogens (tertiary/aromatic N) is 1. The molecule has 2 rings (SSSR count). The van der Waals surface area contributed by atoms with E-state index in [1.807, 2.05) is 13.8 Å². The number of hydrogen-bond donors (Lipinski definition) is 2. The Morgan fingerprint density at radius 3 is 2.52 bits per heavy atom. The normalized spacial score (nSPS) is 17.6. The number of carboxylic acid groups (broad SMARTS) is 1. The molecule has 1 heterocycles. The van der Waals surface area contributed by atoms with Gasteiger partial charge in [0, 0.05) is 12.2 Å². The Hall–Kier alpha value is -2.29. The standard InChI is InChI=1S/C16H22N2O6S/c1-11(2)24-13-7-5-12(6-8-13)17-25(22,23)10-15(19)18-9-3-4-14(18)16(20)21/h5-8,11,14,17H,3-4,9-10H2,1-2H3,(H,20,21). The number of benzene rings is 1. The van der Waals surface area contributed by atoms with Gasteiger partial charge in [-0.05, 0) is 51.0 Å². The maximum absolute atomic E-state index is 12.2. The number of aliphatic carboxylic acids is 1.